The first-order valence-electron chi connectivity index (χ1n) is 6.72. The number of hydrogen-bond acceptors (Lipinski definition) is 5. The van der Waals surface area contributed by atoms with Crippen LogP contribution in [0.4, 0.5) is 11.4 Å². The molecule has 0 spiro atoms. The van der Waals surface area contributed by atoms with Gasteiger partial charge in [-0.3, -0.25) is 10.1 Å². The number of nitro groups is 1. The molecule has 1 aromatic carbocycles. The molecule has 1 saturated heterocycles. The molecule has 0 radical (unpaired) electrons. The summed E-state index contributed by atoms with van der Waals surface area (Å²) in [7, 11) is 1.58. The van der Waals surface area contributed by atoms with Crippen molar-refractivity contribution in [1.82, 2.24) is 0 Å². The molecule has 1 atom stereocenters. The van der Waals surface area contributed by atoms with Crippen LogP contribution in [0.3, 0.4) is 0 Å². The molecule has 2 rings (SSSR count). The van der Waals surface area contributed by atoms with Crippen molar-refractivity contribution < 1.29 is 14.4 Å². The van der Waals surface area contributed by atoms with Crippen LogP contribution in [0.25, 0.3) is 0 Å². The predicted octanol–water partition coefficient (Wildman–Crippen LogP) is 2.53. The van der Waals surface area contributed by atoms with Gasteiger partial charge in [-0.05, 0) is 25.8 Å². The molecule has 6 heteroatoms. The van der Waals surface area contributed by atoms with Gasteiger partial charge in [0.25, 0.3) is 5.69 Å². The number of rotatable bonds is 3. The van der Waals surface area contributed by atoms with E-state index in [9.17, 15) is 10.1 Å². The van der Waals surface area contributed by atoms with Gasteiger partial charge in [-0.25, -0.2) is 0 Å². The second kappa shape index (κ2) is 6.09. The van der Waals surface area contributed by atoms with E-state index in [0.29, 0.717) is 24.6 Å². The zero-order valence-electron chi connectivity index (χ0n) is 12.1. The van der Waals surface area contributed by atoms with Crippen LogP contribution in [0, 0.1) is 17.0 Å². The summed E-state index contributed by atoms with van der Waals surface area (Å²) in [5, 5.41) is 11.3. The number of nitro benzene ring substituents is 1. The number of aryl methyl sites for hydroxylation is 1. The molecular weight excluding hydrogens is 260 g/mol. The number of methoxy groups -OCH3 is 1. The maximum atomic E-state index is 11.3. The fourth-order valence-corrected chi connectivity index (χ4v) is 2.49. The summed E-state index contributed by atoms with van der Waals surface area (Å²) in [5.41, 5.74) is 1.49. The van der Waals surface area contributed by atoms with Crippen LogP contribution in [-0.4, -0.2) is 37.8 Å². The van der Waals surface area contributed by atoms with Crippen LogP contribution in [0.5, 0.6) is 5.75 Å². The molecule has 0 aliphatic carbocycles. The highest BCUT2D eigenvalue weighted by Crippen LogP contribution is 2.35. The van der Waals surface area contributed by atoms with E-state index < -0.39 is 0 Å². The monoisotopic (exact) mass is 280 g/mol. The second-order valence-electron chi connectivity index (χ2n) is 5.05. The van der Waals surface area contributed by atoms with Crippen LogP contribution < -0.4 is 9.64 Å². The van der Waals surface area contributed by atoms with E-state index in [-0.39, 0.29) is 16.7 Å². The summed E-state index contributed by atoms with van der Waals surface area (Å²) in [5.74, 6) is 0.670. The van der Waals surface area contributed by atoms with Gasteiger partial charge in [0.2, 0.25) is 0 Å². The quantitative estimate of drug-likeness (QED) is 0.629. The summed E-state index contributed by atoms with van der Waals surface area (Å²) < 4.78 is 10.9. The molecule has 6 nitrogen and oxygen atoms in total. The summed E-state index contributed by atoms with van der Waals surface area (Å²) in [6, 6.07) is 3.33. The minimum absolute atomic E-state index is 0.0596. The van der Waals surface area contributed by atoms with Crippen molar-refractivity contribution in [3.63, 3.8) is 0 Å². The highest BCUT2D eigenvalue weighted by molar-refractivity contribution is 5.68. The summed E-state index contributed by atoms with van der Waals surface area (Å²) in [4.78, 5) is 13.0. The Morgan fingerprint density at radius 1 is 1.50 bits per heavy atom. The Morgan fingerprint density at radius 2 is 2.25 bits per heavy atom. The van der Waals surface area contributed by atoms with E-state index in [2.05, 4.69) is 0 Å². The number of benzene rings is 1. The first-order chi connectivity index (χ1) is 9.52. The lowest BCUT2D eigenvalue weighted by molar-refractivity contribution is -0.384. The maximum absolute atomic E-state index is 11.3. The van der Waals surface area contributed by atoms with Gasteiger partial charge < -0.3 is 14.4 Å². The topological polar surface area (TPSA) is 64.8 Å². The standard InChI is InChI=1S/C14H20N2O4/c1-10-7-13(16(17)18)12(8-14(10)19-3)15-5-4-6-20-11(2)9-15/h7-8,11H,4-6,9H2,1-3H3/t11-/m0/s1. The number of nitrogens with zero attached hydrogens (tertiary/aromatic N) is 2. The fourth-order valence-electron chi connectivity index (χ4n) is 2.49. The molecule has 0 unspecified atom stereocenters. The normalized spacial score (nSPS) is 19.6. The van der Waals surface area contributed by atoms with E-state index in [1.807, 2.05) is 18.7 Å². The number of ether oxygens (including phenoxy) is 2. The molecule has 1 aliphatic rings. The maximum Gasteiger partial charge on any atom is 0.293 e. The Kier molecular flexibility index (Phi) is 4.44. The highest BCUT2D eigenvalue weighted by Gasteiger charge is 2.24. The van der Waals surface area contributed by atoms with Gasteiger partial charge in [0.15, 0.2) is 0 Å². The lowest BCUT2D eigenvalue weighted by Crippen LogP contribution is -2.30. The van der Waals surface area contributed by atoms with Crippen LogP contribution >= 0.6 is 0 Å². The Bertz CT molecular complexity index is 504. The Morgan fingerprint density at radius 3 is 2.90 bits per heavy atom. The first kappa shape index (κ1) is 14.6. The fraction of sp³-hybridized carbons (Fsp3) is 0.571. The van der Waals surface area contributed by atoms with E-state index in [1.54, 1.807) is 19.2 Å². The summed E-state index contributed by atoms with van der Waals surface area (Å²) in [6.45, 7) is 5.87. The largest absolute Gasteiger partial charge is 0.496 e. The van der Waals surface area contributed by atoms with Gasteiger partial charge in [0, 0.05) is 31.8 Å². The van der Waals surface area contributed by atoms with Crippen molar-refractivity contribution in [2.45, 2.75) is 26.4 Å². The van der Waals surface area contributed by atoms with Crippen LogP contribution in [-0.2, 0) is 4.74 Å². The molecule has 20 heavy (non-hydrogen) atoms. The van der Waals surface area contributed by atoms with Crippen LogP contribution in [0.15, 0.2) is 12.1 Å². The van der Waals surface area contributed by atoms with Gasteiger partial charge >= 0.3 is 0 Å². The average Bonchev–Trinajstić information content (AvgIpc) is 2.63. The molecule has 110 valence electrons. The SMILES string of the molecule is COc1cc(N2CCCO[C@@H](C)C2)c([N+](=O)[O-])cc1C. The summed E-state index contributed by atoms with van der Waals surface area (Å²) >= 11 is 0. The van der Waals surface area contributed by atoms with Crippen molar-refractivity contribution in [3.05, 3.63) is 27.8 Å². The molecule has 0 amide bonds. The van der Waals surface area contributed by atoms with Crippen LogP contribution in [0.1, 0.15) is 18.9 Å². The smallest absolute Gasteiger partial charge is 0.293 e. The molecule has 0 bridgehead atoms. The minimum Gasteiger partial charge on any atom is -0.496 e. The molecule has 0 N–H and O–H groups in total. The van der Waals surface area contributed by atoms with Crippen molar-refractivity contribution >= 4 is 11.4 Å². The molecule has 1 fully saturated rings. The Labute approximate surface area is 118 Å². The van der Waals surface area contributed by atoms with Crippen molar-refractivity contribution in [1.29, 1.82) is 0 Å². The van der Waals surface area contributed by atoms with Gasteiger partial charge in [0.05, 0.1) is 18.1 Å². The molecule has 1 aromatic rings. The van der Waals surface area contributed by atoms with Crippen molar-refractivity contribution in [2.75, 3.05) is 31.7 Å². The van der Waals surface area contributed by atoms with Gasteiger partial charge in [-0.2, -0.15) is 0 Å². The lowest BCUT2D eigenvalue weighted by atomic mass is 10.1. The number of anilines is 1. The molecule has 0 saturated carbocycles. The van der Waals surface area contributed by atoms with Crippen molar-refractivity contribution in [2.24, 2.45) is 0 Å². The molecule has 1 heterocycles. The Balaban J connectivity index is 2.44. The van der Waals surface area contributed by atoms with E-state index >= 15 is 0 Å². The van der Waals surface area contributed by atoms with E-state index in [1.165, 1.54) is 0 Å². The van der Waals surface area contributed by atoms with Gasteiger partial charge in [-0.15, -0.1) is 0 Å². The third-order valence-electron chi connectivity index (χ3n) is 3.48. The third-order valence-corrected chi connectivity index (χ3v) is 3.48. The van der Waals surface area contributed by atoms with Crippen molar-refractivity contribution in [3.8, 4) is 5.75 Å². The van der Waals surface area contributed by atoms with E-state index in [0.717, 1.165) is 18.5 Å². The van der Waals surface area contributed by atoms with Gasteiger partial charge in [0.1, 0.15) is 11.4 Å². The Hall–Kier alpha value is -1.82. The third kappa shape index (κ3) is 3.01. The molecule has 0 aromatic heterocycles. The molecule has 1 aliphatic heterocycles. The highest BCUT2D eigenvalue weighted by atomic mass is 16.6. The van der Waals surface area contributed by atoms with Gasteiger partial charge in [-0.1, -0.05) is 0 Å². The first-order valence-corrected chi connectivity index (χ1v) is 6.72. The minimum atomic E-state index is -0.335. The molecular formula is C14H20N2O4. The predicted molar refractivity (Wildman–Crippen MR) is 76.6 cm³/mol. The average molecular weight is 280 g/mol. The second-order valence-corrected chi connectivity index (χ2v) is 5.05. The zero-order valence-corrected chi connectivity index (χ0v) is 12.1. The van der Waals surface area contributed by atoms with Crippen LogP contribution in [0.2, 0.25) is 0 Å². The zero-order chi connectivity index (χ0) is 14.7. The van der Waals surface area contributed by atoms with E-state index in [4.69, 9.17) is 9.47 Å². The lowest BCUT2D eigenvalue weighted by Gasteiger charge is -2.24. The number of hydrogen-bond donors (Lipinski definition) is 0. The summed E-state index contributed by atoms with van der Waals surface area (Å²) in [6.07, 6.45) is 0.918.